The van der Waals surface area contributed by atoms with Crippen molar-refractivity contribution in [2.24, 2.45) is 0 Å². The smallest absolute Gasteiger partial charge is 0.339 e. The molecule has 0 unspecified atom stereocenters. The molecular formula is C20H17ClN4O3. The minimum atomic E-state index is -0.543. The number of halogens is 1. The van der Waals surface area contributed by atoms with E-state index in [0.29, 0.717) is 16.5 Å². The zero-order chi connectivity index (χ0) is 20.1. The number of benzene rings is 2. The van der Waals surface area contributed by atoms with Crippen LogP contribution in [0.15, 0.2) is 54.6 Å². The fourth-order valence-corrected chi connectivity index (χ4v) is 2.64. The van der Waals surface area contributed by atoms with E-state index in [4.69, 9.17) is 16.3 Å². The molecule has 7 nitrogen and oxygen atoms in total. The maximum Gasteiger partial charge on any atom is 0.339 e. The number of aromatic nitrogens is 2. The van der Waals surface area contributed by atoms with E-state index >= 15 is 0 Å². The van der Waals surface area contributed by atoms with Gasteiger partial charge in [0, 0.05) is 10.7 Å². The number of nitrogens with one attached hydrogen (secondary N) is 2. The summed E-state index contributed by atoms with van der Waals surface area (Å²) in [5.74, 6) is -0.565. The second kappa shape index (κ2) is 8.49. The van der Waals surface area contributed by atoms with E-state index in [1.807, 2.05) is 19.1 Å². The molecule has 3 aromatic rings. The molecule has 1 heterocycles. The van der Waals surface area contributed by atoms with Crippen molar-refractivity contribution in [2.45, 2.75) is 6.92 Å². The molecule has 0 fully saturated rings. The van der Waals surface area contributed by atoms with Gasteiger partial charge in [-0.15, -0.1) is 10.2 Å². The van der Waals surface area contributed by atoms with Gasteiger partial charge < -0.3 is 15.4 Å². The summed E-state index contributed by atoms with van der Waals surface area (Å²) < 4.78 is 4.72. The van der Waals surface area contributed by atoms with Gasteiger partial charge in [-0.3, -0.25) is 4.79 Å². The summed E-state index contributed by atoms with van der Waals surface area (Å²) in [6.07, 6.45) is 0. The summed E-state index contributed by atoms with van der Waals surface area (Å²) in [5.41, 5.74) is 2.37. The lowest BCUT2D eigenvalue weighted by Crippen LogP contribution is -2.17. The maximum atomic E-state index is 12.4. The molecule has 0 radical (unpaired) electrons. The summed E-state index contributed by atoms with van der Waals surface area (Å²) in [6, 6.07) is 15.2. The number of hydrogen-bond acceptors (Lipinski definition) is 6. The minimum absolute atomic E-state index is 0.105. The fraction of sp³-hybridized carbons (Fsp3) is 0.100. The largest absolute Gasteiger partial charge is 0.465 e. The number of methoxy groups -OCH3 is 1. The lowest BCUT2D eigenvalue weighted by molar-refractivity contribution is 0.0602. The number of esters is 1. The number of anilines is 3. The van der Waals surface area contributed by atoms with Crippen LogP contribution in [0.4, 0.5) is 17.2 Å². The van der Waals surface area contributed by atoms with Gasteiger partial charge in [-0.25, -0.2) is 4.79 Å². The topological polar surface area (TPSA) is 93.2 Å². The van der Waals surface area contributed by atoms with Crippen molar-refractivity contribution in [2.75, 3.05) is 17.7 Å². The molecule has 28 heavy (non-hydrogen) atoms. The zero-order valence-corrected chi connectivity index (χ0v) is 15.9. The Morgan fingerprint density at radius 2 is 1.71 bits per heavy atom. The molecule has 2 aromatic carbocycles. The van der Waals surface area contributed by atoms with Crippen molar-refractivity contribution in [3.05, 3.63) is 76.4 Å². The molecular weight excluding hydrogens is 380 g/mol. The van der Waals surface area contributed by atoms with Gasteiger partial charge in [0.15, 0.2) is 11.5 Å². The summed E-state index contributed by atoms with van der Waals surface area (Å²) >= 11 is 6.11. The van der Waals surface area contributed by atoms with Crippen molar-refractivity contribution in [3.8, 4) is 0 Å². The standard InChI is InChI=1S/C20H17ClN4O3/c1-12-14(21)7-5-9-15(12)22-18-11-10-17(24-25-18)19(26)23-16-8-4-3-6-13(16)20(27)28-2/h3-11H,1-2H3,(H,22,25)(H,23,26). The van der Waals surface area contributed by atoms with Crippen molar-refractivity contribution < 1.29 is 14.3 Å². The lowest BCUT2D eigenvalue weighted by Gasteiger charge is -2.10. The van der Waals surface area contributed by atoms with Crippen LogP contribution in [0.2, 0.25) is 5.02 Å². The third-order valence-corrected chi connectivity index (χ3v) is 4.42. The third-order valence-electron chi connectivity index (χ3n) is 4.01. The Morgan fingerprint density at radius 3 is 2.43 bits per heavy atom. The molecule has 0 aliphatic rings. The highest BCUT2D eigenvalue weighted by Crippen LogP contribution is 2.25. The van der Waals surface area contributed by atoms with Gasteiger partial charge in [0.1, 0.15) is 0 Å². The van der Waals surface area contributed by atoms with Crippen LogP contribution in [0.25, 0.3) is 0 Å². The normalized spacial score (nSPS) is 10.2. The number of hydrogen-bond donors (Lipinski definition) is 2. The highest BCUT2D eigenvalue weighted by atomic mass is 35.5. The van der Waals surface area contributed by atoms with Crippen LogP contribution in [0.3, 0.4) is 0 Å². The van der Waals surface area contributed by atoms with Crippen LogP contribution in [0, 0.1) is 6.92 Å². The van der Waals surface area contributed by atoms with E-state index in [1.165, 1.54) is 13.2 Å². The average Bonchev–Trinajstić information content (AvgIpc) is 2.71. The van der Waals surface area contributed by atoms with Gasteiger partial charge in [-0.2, -0.15) is 0 Å². The molecule has 8 heteroatoms. The van der Waals surface area contributed by atoms with Crippen LogP contribution < -0.4 is 10.6 Å². The van der Waals surface area contributed by atoms with E-state index < -0.39 is 11.9 Å². The van der Waals surface area contributed by atoms with Crippen molar-refractivity contribution in [3.63, 3.8) is 0 Å². The first kappa shape index (κ1) is 19.3. The second-order valence-corrected chi connectivity index (χ2v) is 6.24. The molecule has 142 valence electrons. The van der Waals surface area contributed by atoms with Crippen LogP contribution in [0.1, 0.15) is 26.4 Å². The van der Waals surface area contributed by atoms with Crippen molar-refractivity contribution >= 4 is 40.7 Å². The molecule has 1 aromatic heterocycles. The molecule has 0 bridgehead atoms. The molecule has 0 aliphatic carbocycles. The quantitative estimate of drug-likeness (QED) is 0.627. The number of nitrogens with zero attached hydrogens (tertiary/aromatic N) is 2. The summed E-state index contributed by atoms with van der Waals surface area (Å²) in [6.45, 7) is 1.89. The first-order chi connectivity index (χ1) is 13.5. The average molecular weight is 397 g/mol. The summed E-state index contributed by atoms with van der Waals surface area (Å²) in [4.78, 5) is 24.2. The van der Waals surface area contributed by atoms with E-state index in [-0.39, 0.29) is 11.3 Å². The van der Waals surface area contributed by atoms with Gasteiger partial charge in [-0.05, 0) is 48.9 Å². The first-order valence-electron chi connectivity index (χ1n) is 8.34. The van der Waals surface area contributed by atoms with E-state index in [0.717, 1.165) is 11.3 Å². The fourth-order valence-electron chi connectivity index (χ4n) is 2.47. The van der Waals surface area contributed by atoms with Gasteiger partial charge in [-0.1, -0.05) is 29.8 Å². The molecule has 0 saturated carbocycles. The van der Waals surface area contributed by atoms with Crippen LogP contribution >= 0.6 is 11.6 Å². The SMILES string of the molecule is COC(=O)c1ccccc1NC(=O)c1ccc(Nc2cccc(Cl)c2C)nn1. The Balaban J connectivity index is 1.74. The van der Waals surface area contributed by atoms with Crippen LogP contribution in [0.5, 0.6) is 0 Å². The van der Waals surface area contributed by atoms with E-state index in [1.54, 1.807) is 36.4 Å². The second-order valence-electron chi connectivity index (χ2n) is 5.83. The maximum absolute atomic E-state index is 12.4. The van der Waals surface area contributed by atoms with Gasteiger partial charge in [0.2, 0.25) is 0 Å². The molecule has 0 spiro atoms. The number of para-hydroxylation sites is 1. The Bertz CT molecular complexity index is 1020. The van der Waals surface area contributed by atoms with E-state index in [2.05, 4.69) is 20.8 Å². The minimum Gasteiger partial charge on any atom is -0.465 e. The van der Waals surface area contributed by atoms with Crippen molar-refractivity contribution in [1.29, 1.82) is 0 Å². The molecule has 0 atom stereocenters. The zero-order valence-electron chi connectivity index (χ0n) is 15.2. The number of rotatable bonds is 5. The molecule has 2 N–H and O–H groups in total. The molecule has 0 saturated heterocycles. The predicted octanol–water partition coefficient (Wildman–Crippen LogP) is 4.22. The monoisotopic (exact) mass is 396 g/mol. The lowest BCUT2D eigenvalue weighted by atomic mass is 10.1. The molecule has 3 rings (SSSR count). The Hall–Kier alpha value is -3.45. The number of carbonyl (C=O) groups excluding carboxylic acids is 2. The van der Waals surface area contributed by atoms with Crippen LogP contribution in [-0.4, -0.2) is 29.2 Å². The summed E-state index contributed by atoms with van der Waals surface area (Å²) in [7, 11) is 1.28. The van der Waals surface area contributed by atoms with Crippen molar-refractivity contribution in [1.82, 2.24) is 10.2 Å². The highest BCUT2D eigenvalue weighted by molar-refractivity contribution is 6.31. The number of carbonyl (C=O) groups is 2. The Kier molecular flexibility index (Phi) is 5.86. The third kappa shape index (κ3) is 4.27. The van der Waals surface area contributed by atoms with E-state index in [9.17, 15) is 9.59 Å². The predicted molar refractivity (Wildman–Crippen MR) is 107 cm³/mol. The first-order valence-corrected chi connectivity index (χ1v) is 8.72. The van der Waals surface area contributed by atoms with Gasteiger partial charge in [0.05, 0.1) is 18.4 Å². The Morgan fingerprint density at radius 1 is 0.964 bits per heavy atom. The molecule has 1 amide bonds. The number of amides is 1. The van der Waals surface area contributed by atoms with Crippen LogP contribution in [-0.2, 0) is 4.74 Å². The highest BCUT2D eigenvalue weighted by Gasteiger charge is 2.15. The van der Waals surface area contributed by atoms with Gasteiger partial charge in [0.25, 0.3) is 5.91 Å². The summed E-state index contributed by atoms with van der Waals surface area (Å²) in [5, 5.41) is 14.4. The molecule has 0 aliphatic heterocycles. The van der Waals surface area contributed by atoms with Gasteiger partial charge >= 0.3 is 5.97 Å². The number of ether oxygens (including phenoxy) is 1. The Labute approximate surface area is 166 Å².